The van der Waals surface area contributed by atoms with E-state index in [1.165, 1.54) is 4.90 Å². The third kappa shape index (κ3) is 10.2. The summed E-state index contributed by atoms with van der Waals surface area (Å²) in [7, 11) is 1.55. The lowest BCUT2D eigenvalue weighted by molar-refractivity contribution is -0.153. The first-order chi connectivity index (χ1) is 23.5. The van der Waals surface area contributed by atoms with Gasteiger partial charge in [-0.05, 0) is 62.8 Å². The number of amides is 6. The number of carbonyl (C=O) groups is 6. The van der Waals surface area contributed by atoms with Gasteiger partial charge in [0.15, 0.2) is 0 Å². The average molecular weight is 699 g/mol. The molecule has 2 aliphatic heterocycles. The summed E-state index contributed by atoms with van der Waals surface area (Å²) < 4.78 is 5.33. The lowest BCUT2D eigenvalue weighted by Gasteiger charge is -2.38. The number of alkyl carbamates (subject to hydrolysis) is 1. The second kappa shape index (κ2) is 18.2. The first-order valence-electron chi connectivity index (χ1n) is 18.0. The number of hydrogen-bond acceptors (Lipinski definition) is 7. The predicted molar refractivity (Wildman–Crippen MR) is 189 cm³/mol. The highest BCUT2D eigenvalue weighted by atomic mass is 16.5. The monoisotopic (exact) mass is 698 g/mol. The molecule has 50 heavy (non-hydrogen) atoms. The molecule has 0 bridgehead atoms. The molecule has 0 aliphatic carbocycles. The Kier molecular flexibility index (Phi) is 14.6. The predicted octanol–water partition coefficient (Wildman–Crippen LogP) is 3.07. The molecule has 0 aromatic heterocycles. The van der Waals surface area contributed by atoms with E-state index in [0.717, 1.165) is 5.56 Å². The van der Waals surface area contributed by atoms with Crippen LogP contribution in [0.3, 0.4) is 0 Å². The largest absolute Gasteiger partial charge is 0.445 e. The Hall–Kier alpha value is -4.16. The molecule has 0 unspecified atom stereocenters. The molecule has 3 N–H and O–H groups in total. The van der Waals surface area contributed by atoms with Crippen molar-refractivity contribution in [2.24, 2.45) is 17.8 Å². The Morgan fingerprint density at radius 3 is 1.90 bits per heavy atom. The van der Waals surface area contributed by atoms with Gasteiger partial charge >= 0.3 is 6.09 Å². The van der Waals surface area contributed by atoms with E-state index in [1.807, 2.05) is 58.0 Å². The summed E-state index contributed by atoms with van der Waals surface area (Å²) in [4.78, 5) is 85.9. The van der Waals surface area contributed by atoms with Crippen molar-refractivity contribution >= 4 is 35.6 Å². The topological polar surface area (TPSA) is 157 Å². The lowest BCUT2D eigenvalue weighted by Crippen LogP contribution is -2.61. The number of rotatable bonds is 14. The highest BCUT2D eigenvalue weighted by Crippen LogP contribution is 2.28. The number of likely N-dealkylation sites (tertiary alicyclic amines) is 2. The normalized spacial score (nSPS) is 19.4. The Morgan fingerprint density at radius 1 is 0.760 bits per heavy atom. The second-order valence-electron chi connectivity index (χ2n) is 14.8. The van der Waals surface area contributed by atoms with Crippen molar-refractivity contribution in [3.63, 3.8) is 0 Å². The van der Waals surface area contributed by atoms with Crippen molar-refractivity contribution in [1.29, 1.82) is 0 Å². The first-order valence-corrected chi connectivity index (χ1v) is 18.0. The van der Waals surface area contributed by atoms with Gasteiger partial charge in [0.05, 0.1) is 0 Å². The van der Waals surface area contributed by atoms with E-state index in [9.17, 15) is 28.8 Å². The summed E-state index contributed by atoms with van der Waals surface area (Å²) in [5, 5.41) is 8.37. The molecule has 2 fully saturated rings. The van der Waals surface area contributed by atoms with Gasteiger partial charge < -0.3 is 35.4 Å². The smallest absolute Gasteiger partial charge is 0.408 e. The van der Waals surface area contributed by atoms with Gasteiger partial charge in [-0.3, -0.25) is 24.0 Å². The number of nitrogens with one attached hydrogen (secondary N) is 3. The number of ether oxygens (including phenoxy) is 1. The Balaban J connectivity index is 1.73. The van der Waals surface area contributed by atoms with Crippen LogP contribution in [0.1, 0.15) is 86.6 Å². The van der Waals surface area contributed by atoms with E-state index in [4.69, 9.17) is 4.74 Å². The van der Waals surface area contributed by atoms with Gasteiger partial charge in [-0.25, -0.2) is 4.79 Å². The quantitative estimate of drug-likeness (QED) is 0.270. The van der Waals surface area contributed by atoms with Crippen molar-refractivity contribution in [2.75, 3.05) is 20.1 Å². The van der Waals surface area contributed by atoms with Crippen molar-refractivity contribution in [1.82, 2.24) is 30.7 Å². The maximum atomic E-state index is 14.3. The minimum absolute atomic E-state index is 0.0389. The number of hydrogen-bond donors (Lipinski definition) is 3. The third-order valence-corrected chi connectivity index (χ3v) is 9.41. The van der Waals surface area contributed by atoms with Gasteiger partial charge in [0.25, 0.3) is 0 Å². The van der Waals surface area contributed by atoms with Gasteiger partial charge in [-0.2, -0.15) is 0 Å². The fraction of sp³-hybridized carbons (Fsp3) is 0.676. The van der Waals surface area contributed by atoms with E-state index in [-0.39, 0.29) is 48.1 Å². The fourth-order valence-corrected chi connectivity index (χ4v) is 6.77. The van der Waals surface area contributed by atoms with Crippen LogP contribution in [0.15, 0.2) is 30.3 Å². The summed E-state index contributed by atoms with van der Waals surface area (Å²) in [6.07, 6.45) is 1.63. The van der Waals surface area contributed by atoms with E-state index >= 15 is 0 Å². The molecule has 13 heteroatoms. The van der Waals surface area contributed by atoms with Crippen LogP contribution in [0.4, 0.5) is 4.79 Å². The molecule has 1 aromatic carbocycles. The summed E-state index contributed by atoms with van der Waals surface area (Å²) in [5.41, 5.74) is 0.801. The molecule has 3 rings (SSSR count). The minimum Gasteiger partial charge on any atom is -0.445 e. The molecule has 6 amide bonds. The SMILES string of the molecule is CC(C)NC(=O)[C@@H]1CCCN1C(=O)[C@@H]1CCCN1C(=O)[C@H](C(C)C)N(C)C(=O)[C@@H](NC(=O)[C@@H](NC(=O)OCc1ccccc1)C(C)C)C(C)C. The first kappa shape index (κ1) is 40.3. The maximum absolute atomic E-state index is 14.3. The molecular formula is C37H58N6O7. The Bertz CT molecular complexity index is 1350. The van der Waals surface area contributed by atoms with Crippen LogP contribution in [0.25, 0.3) is 0 Å². The fourth-order valence-electron chi connectivity index (χ4n) is 6.77. The molecule has 5 atom stereocenters. The average Bonchev–Trinajstić information content (AvgIpc) is 3.75. The highest BCUT2D eigenvalue weighted by molar-refractivity contribution is 5.97. The van der Waals surface area contributed by atoms with Crippen LogP contribution in [0.2, 0.25) is 0 Å². The summed E-state index contributed by atoms with van der Waals surface area (Å²) in [6.45, 7) is 15.4. The zero-order valence-corrected chi connectivity index (χ0v) is 31.2. The Labute approximate surface area is 297 Å². The third-order valence-electron chi connectivity index (χ3n) is 9.41. The van der Waals surface area contributed by atoms with Gasteiger partial charge in [0, 0.05) is 26.2 Å². The zero-order chi connectivity index (χ0) is 37.3. The minimum atomic E-state index is -0.995. The Morgan fingerprint density at radius 2 is 1.34 bits per heavy atom. The summed E-state index contributed by atoms with van der Waals surface area (Å²) in [5.74, 6) is -2.74. The molecule has 2 heterocycles. The standard InChI is InChI=1S/C37H58N6O7/c1-22(2)29(40-37(49)50-21-26-15-11-10-12-16-26)33(45)39-30(23(3)4)35(47)41(9)31(24(5)6)36(48)43-20-14-18-28(43)34(46)42-19-13-17-27(42)32(44)38-25(7)8/h10-12,15-16,22-25,27-31H,13-14,17-21H2,1-9H3,(H,38,44)(H,39,45)(H,40,49)/t27-,28-,29-,30-,31-/m0/s1. The molecule has 0 radical (unpaired) electrons. The van der Waals surface area contributed by atoms with Gasteiger partial charge in [0.2, 0.25) is 29.5 Å². The van der Waals surface area contributed by atoms with Crippen LogP contribution >= 0.6 is 0 Å². The van der Waals surface area contributed by atoms with Crippen LogP contribution in [-0.2, 0) is 35.3 Å². The van der Waals surface area contributed by atoms with Crippen LogP contribution in [0, 0.1) is 17.8 Å². The number of nitrogens with zero attached hydrogens (tertiary/aromatic N) is 3. The number of benzene rings is 1. The molecule has 0 saturated carbocycles. The van der Waals surface area contributed by atoms with E-state index in [0.29, 0.717) is 38.8 Å². The molecule has 13 nitrogen and oxygen atoms in total. The van der Waals surface area contributed by atoms with Crippen LogP contribution < -0.4 is 16.0 Å². The molecular weight excluding hydrogens is 640 g/mol. The second-order valence-corrected chi connectivity index (χ2v) is 14.8. The van der Waals surface area contributed by atoms with E-state index in [1.54, 1.807) is 44.5 Å². The summed E-state index contributed by atoms with van der Waals surface area (Å²) in [6, 6.07) is 4.95. The molecule has 1 aromatic rings. The van der Waals surface area contributed by atoms with E-state index in [2.05, 4.69) is 16.0 Å². The molecule has 2 aliphatic rings. The molecule has 2 saturated heterocycles. The van der Waals surface area contributed by atoms with E-state index < -0.39 is 48.1 Å². The van der Waals surface area contributed by atoms with Gasteiger partial charge in [0.1, 0.15) is 36.8 Å². The lowest BCUT2D eigenvalue weighted by atomic mass is 9.96. The van der Waals surface area contributed by atoms with Crippen molar-refractivity contribution in [3.8, 4) is 0 Å². The number of carbonyl (C=O) groups excluding carboxylic acids is 6. The van der Waals surface area contributed by atoms with Crippen molar-refractivity contribution in [2.45, 2.75) is 124 Å². The van der Waals surface area contributed by atoms with Crippen molar-refractivity contribution < 1.29 is 33.5 Å². The van der Waals surface area contributed by atoms with Gasteiger partial charge in [-0.1, -0.05) is 71.9 Å². The molecule has 0 spiro atoms. The van der Waals surface area contributed by atoms with Crippen LogP contribution in [0.5, 0.6) is 0 Å². The zero-order valence-electron chi connectivity index (χ0n) is 31.2. The number of likely N-dealkylation sites (N-methyl/N-ethyl adjacent to an activating group) is 1. The molecule has 278 valence electrons. The van der Waals surface area contributed by atoms with Crippen LogP contribution in [-0.4, -0.2) is 107 Å². The van der Waals surface area contributed by atoms with Gasteiger partial charge in [-0.15, -0.1) is 0 Å². The summed E-state index contributed by atoms with van der Waals surface area (Å²) >= 11 is 0. The maximum Gasteiger partial charge on any atom is 0.408 e. The highest BCUT2D eigenvalue weighted by Gasteiger charge is 2.45. The van der Waals surface area contributed by atoms with Crippen molar-refractivity contribution in [3.05, 3.63) is 35.9 Å².